The van der Waals surface area contributed by atoms with E-state index in [0.717, 1.165) is 23.0 Å². The number of hydrogen-bond acceptors (Lipinski definition) is 4. The highest BCUT2D eigenvalue weighted by Crippen LogP contribution is 2.47. The van der Waals surface area contributed by atoms with E-state index in [-0.39, 0.29) is 17.4 Å². The molecule has 1 atom stereocenters. The minimum atomic E-state index is -0.0742. The Balaban J connectivity index is 2.08. The van der Waals surface area contributed by atoms with Crippen LogP contribution in [-0.2, 0) is 9.53 Å². The van der Waals surface area contributed by atoms with Crippen molar-refractivity contribution in [1.29, 1.82) is 0 Å². The predicted molar refractivity (Wildman–Crippen MR) is 90.5 cm³/mol. The first kappa shape index (κ1) is 17.0. The monoisotopic (exact) mass is 373 g/mol. The molecule has 1 heterocycles. The predicted octanol–water partition coefficient (Wildman–Crippen LogP) is 4.72. The van der Waals surface area contributed by atoms with Gasteiger partial charge in [-0.3, -0.25) is 4.79 Å². The van der Waals surface area contributed by atoms with Crippen molar-refractivity contribution in [3.63, 3.8) is 0 Å². The molecule has 0 aromatic carbocycles. The zero-order valence-electron chi connectivity index (χ0n) is 12.8. The number of hydrogen-bond donors (Lipinski definition) is 1. The maximum Gasteiger partial charge on any atom is 0.306 e. The fourth-order valence-corrected chi connectivity index (χ4v) is 5.28. The average Bonchev–Trinajstić information content (AvgIpc) is 2.96. The zero-order chi connectivity index (χ0) is 15.5. The van der Waals surface area contributed by atoms with Crippen LogP contribution in [0.3, 0.4) is 0 Å². The second-order valence-corrected chi connectivity index (χ2v) is 8.70. The van der Waals surface area contributed by atoms with Crippen LogP contribution in [0.5, 0.6) is 0 Å². The molecule has 0 spiro atoms. The minimum absolute atomic E-state index is 0.0000709. The van der Waals surface area contributed by atoms with Gasteiger partial charge in [-0.25, -0.2) is 0 Å². The molecule has 1 aromatic heterocycles. The van der Waals surface area contributed by atoms with E-state index in [2.05, 4.69) is 28.9 Å². The van der Waals surface area contributed by atoms with Crippen molar-refractivity contribution in [2.24, 2.45) is 11.1 Å². The summed E-state index contributed by atoms with van der Waals surface area (Å²) in [5.74, 6) is -0.0742. The minimum Gasteiger partial charge on any atom is -0.466 e. The summed E-state index contributed by atoms with van der Waals surface area (Å²) >= 11 is 5.25. The third-order valence-electron chi connectivity index (χ3n) is 4.47. The van der Waals surface area contributed by atoms with Gasteiger partial charge in [-0.05, 0) is 66.1 Å². The number of carbonyl (C=O) groups is 1. The molecule has 118 valence electrons. The van der Waals surface area contributed by atoms with E-state index in [1.54, 1.807) is 11.3 Å². The third kappa shape index (κ3) is 4.30. The summed E-state index contributed by atoms with van der Waals surface area (Å²) in [5.41, 5.74) is 7.70. The van der Waals surface area contributed by atoms with Gasteiger partial charge in [-0.1, -0.05) is 12.8 Å². The van der Waals surface area contributed by atoms with Gasteiger partial charge >= 0.3 is 5.97 Å². The Hall–Kier alpha value is -0.390. The number of aryl methyl sites for hydroxylation is 1. The lowest BCUT2D eigenvalue weighted by atomic mass is 9.76. The van der Waals surface area contributed by atoms with E-state index in [9.17, 15) is 4.79 Å². The van der Waals surface area contributed by atoms with Crippen LogP contribution in [0.25, 0.3) is 0 Å². The molecular formula is C16H24BrNO2S. The number of esters is 1. The van der Waals surface area contributed by atoms with Crippen molar-refractivity contribution in [2.75, 3.05) is 6.61 Å². The van der Waals surface area contributed by atoms with Crippen LogP contribution in [0.2, 0.25) is 0 Å². The van der Waals surface area contributed by atoms with E-state index in [1.165, 1.54) is 23.3 Å². The molecular weight excluding hydrogens is 350 g/mol. The largest absolute Gasteiger partial charge is 0.466 e. The maximum atomic E-state index is 11.9. The standard InChI is InChI=1S/C16H24BrNO2S/c1-3-20-15(19)10-16(6-4-5-7-16)9-13(18)12-8-14(17)21-11(12)2/h8,13H,3-7,9-10,18H2,1-2H3. The molecule has 1 saturated carbocycles. The van der Waals surface area contributed by atoms with Gasteiger partial charge in [-0.15, -0.1) is 11.3 Å². The third-order valence-corrected chi connectivity index (χ3v) is 6.04. The average molecular weight is 374 g/mol. The highest BCUT2D eigenvalue weighted by atomic mass is 79.9. The second-order valence-electron chi connectivity index (χ2n) is 6.06. The van der Waals surface area contributed by atoms with Crippen molar-refractivity contribution in [2.45, 2.75) is 58.4 Å². The highest BCUT2D eigenvalue weighted by molar-refractivity contribution is 9.11. The van der Waals surface area contributed by atoms with E-state index >= 15 is 0 Å². The molecule has 1 unspecified atom stereocenters. The van der Waals surface area contributed by atoms with E-state index in [4.69, 9.17) is 10.5 Å². The maximum absolute atomic E-state index is 11.9. The van der Waals surface area contributed by atoms with Gasteiger partial charge in [0.05, 0.1) is 16.8 Å². The summed E-state index contributed by atoms with van der Waals surface area (Å²) in [4.78, 5) is 13.2. The summed E-state index contributed by atoms with van der Waals surface area (Å²) in [5, 5.41) is 0. The number of ether oxygens (including phenoxy) is 1. The fraction of sp³-hybridized carbons (Fsp3) is 0.688. The molecule has 0 aliphatic heterocycles. The van der Waals surface area contributed by atoms with Gasteiger partial charge in [0.1, 0.15) is 0 Å². The normalized spacial score (nSPS) is 18.7. The van der Waals surface area contributed by atoms with Crippen LogP contribution in [0, 0.1) is 12.3 Å². The molecule has 21 heavy (non-hydrogen) atoms. The van der Waals surface area contributed by atoms with Crippen LogP contribution in [-0.4, -0.2) is 12.6 Å². The molecule has 0 saturated heterocycles. The molecule has 0 bridgehead atoms. The summed E-state index contributed by atoms with van der Waals surface area (Å²) in [6.07, 6.45) is 5.94. The summed E-state index contributed by atoms with van der Waals surface area (Å²) in [7, 11) is 0. The Morgan fingerprint density at radius 2 is 2.19 bits per heavy atom. The van der Waals surface area contributed by atoms with Gasteiger partial charge < -0.3 is 10.5 Å². The summed E-state index contributed by atoms with van der Waals surface area (Å²) < 4.78 is 6.28. The number of halogens is 1. The number of nitrogens with two attached hydrogens (primary N) is 1. The Labute approximate surface area is 139 Å². The van der Waals surface area contributed by atoms with Crippen molar-refractivity contribution in [1.82, 2.24) is 0 Å². The first-order chi connectivity index (χ1) is 9.96. The molecule has 2 N–H and O–H groups in total. The molecule has 3 nitrogen and oxygen atoms in total. The smallest absolute Gasteiger partial charge is 0.306 e. The fourth-order valence-electron chi connectivity index (χ4n) is 3.50. The molecule has 5 heteroatoms. The molecule has 1 aliphatic rings. The van der Waals surface area contributed by atoms with Crippen molar-refractivity contribution in [3.8, 4) is 0 Å². The van der Waals surface area contributed by atoms with Crippen molar-refractivity contribution in [3.05, 3.63) is 20.3 Å². The van der Waals surface area contributed by atoms with E-state index in [1.807, 2.05) is 6.92 Å². The summed E-state index contributed by atoms with van der Waals surface area (Å²) in [6, 6.07) is 2.12. The SMILES string of the molecule is CCOC(=O)CC1(CC(N)c2cc(Br)sc2C)CCCC1. The van der Waals surface area contributed by atoms with E-state index < -0.39 is 0 Å². The number of carbonyl (C=O) groups excluding carboxylic acids is 1. The van der Waals surface area contributed by atoms with Gasteiger partial charge in [0.2, 0.25) is 0 Å². The Kier molecular flexibility index (Phi) is 5.86. The molecule has 1 aliphatic carbocycles. The van der Waals surface area contributed by atoms with Gasteiger partial charge in [0.25, 0.3) is 0 Å². The lowest BCUT2D eigenvalue weighted by Gasteiger charge is -2.31. The molecule has 1 aromatic rings. The quantitative estimate of drug-likeness (QED) is 0.733. The lowest BCUT2D eigenvalue weighted by Crippen LogP contribution is -2.28. The van der Waals surface area contributed by atoms with Crippen LogP contribution >= 0.6 is 27.3 Å². The van der Waals surface area contributed by atoms with Crippen molar-refractivity contribution < 1.29 is 9.53 Å². The summed E-state index contributed by atoms with van der Waals surface area (Å²) in [6.45, 7) is 4.42. The topological polar surface area (TPSA) is 52.3 Å². The first-order valence-corrected chi connectivity index (χ1v) is 9.24. The Bertz CT molecular complexity index is 494. The molecule has 0 amide bonds. The van der Waals surface area contributed by atoms with Gasteiger partial charge in [-0.2, -0.15) is 0 Å². The number of rotatable bonds is 6. The Morgan fingerprint density at radius 1 is 1.52 bits per heavy atom. The molecule has 2 rings (SSSR count). The Morgan fingerprint density at radius 3 is 2.71 bits per heavy atom. The number of thiophene rings is 1. The van der Waals surface area contributed by atoms with Gasteiger partial charge in [0, 0.05) is 10.9 Å². The molecule has 1 fully saturated rings. The zero-order valence-corrected chi connectivity index (χ0v) is 15.2. The highest BCUT2D eigenvalue weighted by Gasteiger charge is 2.38. The molecule has 0 radical (unpaired) electrons. The first-order valence-electron chi connectivity index (χ1n) is 7.63. The van der Waals surface area contributed by atoms with Crippen LogP contribution in [0.4, 0.5) is 0 Å². The van der Waals surface area contributed by atoms with Crippen LogP contribution < -0.4 is 5.73 Å². The van der Waals surface area contributed by atoms with E-state index in [0.29, 0.717) is 13.0 Å². The van der Waals surface area contributed by atoms with Gasteiger partial charge in [0.15, 0.2) is 0 Å². The lowest BCUT2D eigenvalue weighted by molar-refractivity contribution is -0.146. The second kappa shape index (κ2) is 7.25. The van der Waals surface area contributed by atoms with Crippen LogP contribution in [0.1, 0.15) is 61.9 Å². The van der Waals surface area contributed by atoms with Crippen molar-refractivity contribution >= 4 is 33.2 Å². The van der Waals surface area contributed by atoms with Crippen LogP contribution in [0.15, 0.2) is 9.85 Å².